The summed E-state index contributed by atoms with van der Waals surface area (Å²) in [6.07, 6.45) is 0. The predicted octanol–water partition coefficient (Wildman–Crippen LogP) is 3.13. The molecule has 0 aliphatic heterocycles. The minimum atomic E-state index is -3.68. The Labute approximate surface area is 131 Å². The van der Waals surface area contributed by atoms with Gasteiger partial charge in [-0.1, -0.05) is 6.07 Å². The normalized spacial score (nSPS) is 11.5. The van der Waals surface area contributed by atoms with Crippen LogP contribution >= 0.6 is 0 Å². The van der Waals surface area contributed by atoms with Crippen molar-refractivity contribution in [1.29, 1.82) is 0 Å². The first kappa shape index (κ1) is 16.4. The third-order valence-corrected chi connectivity index (χ3v) is 5.51. The minimum absolute atomic E-state index is 0.281. The van der Waals surface area contributed by atoms with Gasteiger partial charge >= 0.3 is 0 Å². The molecule has 1 aromatic carbocycles. The number of sulfonamides is 1. The molecule has 22 heavy (non-hydrogen) atoms. The van der Waals surface area contributed by atoms with Gasteiger partial charge in [0, 0.05) is 11.3 Å². The first-order valence-electron chi connectivity index (χ1n) is 7.05. The lowest BCUT2D eigenvalue weighted by Crippen LogP contribution is -2.17. The molecule has 0 aliphatic carbocycles. The lowest BCUT2D eigenvalue weighted by molar-refractivity contribution is 0.600. The van der Waals surface area contributed by atoms with Crippen molar-refractivity contribution < 1.29 is 8.42 Å². The Balaban J connectivity index is 2.52. The molecule has 0 saturated carbocycles. The van der Waals surface area contributed by atoms with Gasteiger partial charge in [-0.15, -0.1) is 0 Å². The molecule has 0 saturated heterocycles. The molecule has 0 bridgehead atoms. The number of aromatic nitrogens is 2. The maximum atomic E-state index is 12.7. The highest BCUT2D eigenvalue weighted by Crippen LogP contribution is 2.24. The molecule has 0 radical (unpaired) electrons. The van der Waals surface area contributed by atoms with Crippen LogP contribution in [0.15, 0.2) is 17.0 Å². The summed E-state index contributed by atoms with van der Waals surface area (Å²) in [6.45, 7) is 11.1. The molecule has 2 rings (SSSR count). The standard InChI is InChI=1S/C16H21N3O2S/c1-9-7-8-15(11(3)10(9)2)22(20,21)19-16-12(4)13(5)17-14(6)18-16/h7-8H,1-6H3,(H,17,18,19). The highest BCUT2D eigenvalue weighted by Gasteiger charge is 2.20. The summed E-state index contributed by atoms with van der Waals surface area (Å²) in [5.41, 5.74) is 4.31. The number of hydrogen-bond donors (Lipinski definition) is 1. The Morgan fingerprint density at radius 3 is 2.14 bits per heavy atom. The van der Waals surface area contributed by atoms with Crippen LogP contribution in [0.4, 0.5) is 5.82 Å². The minimum Gasteiger partial charge on any atom is -0.263 e. The zero-order chi connectivity index (χ0) is 16.7. The lowest BCUT2D eigenvalue weighted by Gasteiger charge is -2.15. The third-order valence-electron chi connectivity index (χ3n) is 4.03. The van der Waals surface area contributed by atoms with Crippen molar-refractivity contribution >= 4 is 15.8 Å². The van der Waals surface area contributed by atoms with Crippen molar-refractivity contribution in [2.24, 2.45) is 0 Å². The summed E-state index contributed by atoms with van der Waals surface area (Å²) < 4.78 is 28.0. The van der Waals surface area contributed by atoms with Crippen molar-refractivity contribution in [2.75, 3.05) is 4.72 Å². The van der Waals surface area contributed by atoms with E-state index in [4.69, 9.17) is 0 Å². The molecule has 0 spiro atoms. The van der Waals surface area contributed by atoms with E-state index in [1.54, 1.807) is 19.9 Å². The topological polar surface area (TPSA) is 72.0 Å². The van der Waals surface area contributed by atoms with Crippen LogP contribution in [0.1, 0.15) is 33.8 Å². The summed E-state index contributed by atoms with van der Waals surface area (Å²) in [7, 11) is -3.68. The molecule has 118 valence electrons. The molecule has 6 heteroatoms. The Kier molecular flexibility index (Phi) is 4.24. The van der Waals surface area contributed by atoms with Crippen LogP contribution in [0, 0.1) is 41.5 Å². The Morgan fingerprint density at radius 2 is 1.50 bits per heavy atom. The number of nitrogens with zero attached hydrogens (tertiary/aromatic N) is 2. The first-order valence-corrected chi connectivity index (χ1v) is 8.53. The molecule has 1 N–H and O–H groups in total. The van der Waals surface area contributed by atoms with E-state index in [2.05, 4.69) is 14.7 Å². The van der Waals surface area contributed by atoms with Crippen molar-refractivity contribution in [3.05, 3.63) is 45.9 Å². The predicted molar refractivity (Wildman–Crippen MR) is 87.7 cm³/mol. The highest BCUT2D eigenvalue weighted by atomic mass is 32.2. The quantitative estimate of drug-likeness (QED) is 0.943. The number of aryl methyl sites for hydroxylation is 3. The van der Waals surface area contributed by atoms with Crippen LogP contribution in [0.2, 0.25) is 0 Å². The smallest absolute Gasteiger partial charge is 0.263 e. The average molecular weight is 319 g/mol. The SMILES string of the molecule is Cc1nc(C)c(C)c(NS(=O)(=O)c2ccc(C)c(C)c2C)n1. The monoisotopic (exact) mass is 319 g/mol. The molecular weight excluding hydrogens is 298 g/mol. The second-order valence-corrected chi connectivity index (χ2v) is 7.22. The van der Waals surface area contributed by atoms with Gasteiger partial charge in [0.2, 0.25) is 0 Å². The second kappa shape index (κ2) is 5.68. The zero-order valence-corrected chi connectivity index (χ0v) is 14.6. The number of benzene rings is 1. The number of anilines is 1. The summed E-state index contributed by atoms with van der Waals surface area (Å²) >= 11 is 0. The van der Waals surface area contributed by atoms with Gasteiger partial charge in [-0.3, -0.25) is 4.72 Å². The molecule has 5 nitrogen and oxygen atoms in total. The zero-order valence-electron chi connectivity index (χ0n) is 13.8. The van der Waals surface area contributed by atoms with E-state index >= 15 is 0 Å². The van der Waals surface area contributed by atoms with E-state index in [9.17, 15) is 8.42 Å². The number of rotatable bonds is 3. The average Bonchev–Trinajstić information content (AvgIpc) is 2.41. The number of nitrogens with one attached hydrogen (secondary N) is 1. The molecule has 0 atom stereocenters. The Bertz CT molecular complexity index is 843. The Morgan fingerprint density at radius 1 is 0.864 bits per heavy atom. The van der Waals surface area contributed by atoms with Gasteiger partial charge in [0.1, 0.15) is 11.6 Å². The molecule has 0 amide bonds. The molecular formula is C16H21N3O2S. The maximum absolute atomic E-state index is 12.7. The second-order valence-electron chi connectivity index (χ2n) is 5.57. The molecule has 1 aromatic heterocycles. The van der Waals surface area contributed by atoms with Gasteiger partial charge in [0.15, 0.2) is 0 Å². The lowest BCUT2D eigenvalue weighted by atomic mass is 10.1. The van der Waals surface area contributed by atoms with Crippen LogP contribution < -0.4 is 4.72 Å². The summed E-state index contributed by atoms with van der Waals surface area (Å²) in [4.78, 5) is 8.73. The van der Waals surface area contributed by atoms with Crippen LogP contribution in [-0.2, 0) is 10.0 Å². The van der Waals surface area contributed by atoms with E-state index < -0.39 is 10.0 Å². The van der Waals surface area contributed by atoms with E-state index in [0.717, 1.165) is 27.9 Å². The van der Waals surface area contributed by atoms with E-state index in [-0.39, 0.29) is 4.90 Å². The fourth-order valence-corrected chi connectivity index (χ4v) is 3.64. The van der Waals surface area contributed by atoms with Crippen molar-refractivity contribution in [2.45, 2.75) is 46.4 Å². The van der Waals surface area contributed by atoms with Gasteiger partial charge in [-0.2, -0.15) is 0 Å². The van der Waals surface area contributed by atoms with Crippen molar-refractivity contribution in [3.63, 3.8) is 0 Å². The fourth-order valence-electron chi connectivity index (χ4n) is 2.27. The molecule has 2 aromatic rings. The largest absolute Gasteiger partial charge is 0.263 e. The van der Waals surface area contributed by atoms with Crippen LogP contribution in [0.5, 0.6) is 0 Å². The summed E-state index contributed by atoms with van der Waals surface area (Å²) in [6, 6.07) is 3.45. The molecule has 0 aliphatic rings. The van der Waals surface area contributed by atoms with E-state index in [1.165, 1.54) is 0 Å². The van der Waals surface area contributed by atoms with Crippen molar-refractivity contribution in [1.82, 2.24) is 9.97 Å². The van der Waals surface area contributed by atoms with Crippen LogP contribution in [-0.4, -0.2) is 18.4 Å². The maximum Gasteiger partial charge on any atom is 0.263 e. The fraction of sp³-hybridized carbons (Fsp3) is 0.375. The third kappa shape index (κ3) is 2.97. The van der Waals surface area contributed by atoms with Gasteiger partial charge < -0.3 is 0 Å². The molecule has 1 heterocycles. The van der Waals surface area contributed by atoms with Crippen LogP contribution in [0.25, 0.3) is 0 Å². The summed E-state index contributed by atoms with van der Waals surface area (Å²) in [5.74, 6) is 0.875. The molecule has 0 unspecified atom stereocenters. The first-order chi connectivity index (χ1) is 10.1. The van der Waals surface area contributed by atoms with Crippen molar-refractivity contribution in [3.8, 4) is 0 Å². The molecule has 0 fully saturated rings. The van der Waals surface area contributed by atoms with E-state index in [1.807, 2.05) is 33.8 Å². The highest BCUT2D eigenvalue weighted by molar-refractivity contribution is 7.92. The van der Waals surface area contributed by atoms with E-state index in [0.29, 0.717) is 11.6 Å². The van der Waals surface area contributed by atoms with Gasteiger partial charge in [0.25, 0.3) is 10.0 Å². The Hall–Kier alpha value is -1.95. The summed E-state index contributed by atoms with van der Waals surface area (Å²) in [5, 5.41) is 0. The van der Waals surface area contributed by atoms with Gasteiger partial charge in [-0.05, 0) is 64.3 Å². The number of hydrogen-bond acceptors (Lipinski definition) is 4. The van der Waals surface area contributed by atoms with Gasteiger partial charge in [-0.25, -0.2) is 18.4 Å². The van der Waals surface area contributed by atoms with Crippen LogP contribution in [0.3, 0.4) is 0 Å². The van der Waals surface area contributed by atoms with Gasteiger partial charge in [0.05, 0.1) is 4.90 Å².